The lowest BCUT2D eigenvalue weighted by molar-refractivity contribution is -0.0277. The number of carbonyl (C=O) groups is 1. The SMILES string of the molecule is COc1cc(N2CCOC(C)(C)C2)ccc1NC(=O)N1C[C@@H]2CCC[C@H]2C1. The number of benzene rings is 1. The minimum atomic E-state index is -0.161. The van der Waals surface area contributed by atoms with Gasteiger partial charge in [0.25, 0.3) is 0 Å². The number of morpholine rings is 1. The molecule has 6 heteroatoms. The Kier molecular flexibility index (Phi) is 4.93. The molecule has 0 aromatic heterocycles. The van der Waals surface area contributed by atoms with Crippen molar-refractivity contribution in [3.8, 4) is 5.75 Å². The van der Waals surface area contributed by atoms with E-state index in [1.807, 2.05) is 17.0 Å². The molecule has 3 aliphatic rings. The summed E-state index contributed by atoms with van der Waals surface area (Å²) < 4.78 is 11.4. The molecular formula is C21H31N3O3. The largest absolute Gasteiger partial charge is 0.494 e. The fraction of sp³-hybridized carbons (Fsp3) is 0.667. The number of carbonyl (C=O) groups excluding carboxylic acids is 1. The van der Waals surface area contributed by atoms with E-state index in [0.717, 1.165) is 37.6 Å². The fourth-order valence-corrected chi connectivity index (χ4v) is 4.81. The second-order valence-electron chi connectivity index (χ2n) is 8.70. The predicted molar refractivity (Wildman–Crippen MR) is 107 cm³/mol. The summed E-state index contributed by atoms with van der Waals surface area (Å²) in [4.78, 5) is 17.0. The Morgan fingerprint density at radius 3 is 2.67 bits per heavy atom. The summed E-state index contributed by atoms with van der Waals surface area (Å²) in [5.74, 6) is 2.10. The van der Waals surface area contributed by atoms with Gasteiger partial charge >= 0.3 is 6.03 Å². The molecule has 2 aliphatic heterocycles. The minimum absolute atomic E-state index is 0.0112. The Hall–Kier alpha value is -1.95. The first kappa shape index (κ1) is 18.4. The van der Waals surface area contributed by atoms with Crippen LogP contribution in [0.2, 0.25) is 0 Å². The van der Waals surface area contributed by atoms with Crippen LogP contribution in [0, 0.1) is 11.8 Å². The number of likely N-dealkylation sites (tertiary alicyclic amines) is 1. The van der Waals surface area contributed by atoms with Gasteiger partial charge in [-0.15, -0.1) is 0 Å². The van der Waals surface area contributed by atoms with Gasteiger partial charge in [-0.1, -0.05) is 6.42 Å². The fourth-order valence-electron chi connectivity index (χ4n) is 4.81. The first-order chi connectivity index (χ1) is 12.9. The van der Waals surface area contributed by atoms with Gasteiger partial charge in [-0.05, 0) is 50.7 Å². The van der Waals surface area contributed by atoms with Crippen molar-refractivity contribution in [3.05, 3.63) is 18.2 Å². The molecule has 1 aliphatic carbocycles. The Labute approximate surface area is 161 Å². The van der Waals surface area contributed by atoms with E-state index in [4.69, 9.17) is 9.47 Å². The number of anilines is 2. The maximum Gasteiger partial charge on any atom is 0.321 e. The molecule has 2 saturated heterocycles. The minimum Gasteiger partial charge on any atom is -0.494 e. The Morgan fingerprint density at radius 1 is 1.26 bits per heavy atom. The van der Waals surface area contributed by atoms with Crippen LogP contribution in [0.3, 0.4) is 0 Å². The van der Waals surface area contributed by atoms with Gasteiger partial charge in [0.05, 0.1) is 25.0 Å². The normalized spacial score (nSPS) is 26.8. The molecule has 27 heavy (non-hydrogen) atoms. The van der Waals surface area contributed by atoms with Gasteiger partial charge in [0, 0.05) is 37.9 Å². The topological polar surface area (TPSA) is 54.0 Å². The molecule has 6 nitrogen and oxygen atoms in total. The summed E-state index contributed by atoms with van der Waals surface area (Å²) in [6.45, 7) is 8.39. The van der Waals surface area contributed by atoms with Gasteiger partial charge in [0.15, 0.2) is 0 Å². The maximum atomic E-state index is 12.7. The van der Waals surface area contributed by atoms with Crippen molar-refractivity contribution < 1.29 is 14.3 Å². The molecule has 3 fully saturated rings. The van der Waals surface area contributed by atoms with E-state index in [0.29, 0.717) is 24.2 Å². The monoisotopic (exact) mass is 373 g/mol. The molecule has 0 bridgehead atoms. The van der Waals surface area contributed by atoms with Crippen LogP contribution < -0.4 is 15.0 Å². The molecule has 1 saturated carbocycles. The third-order valence-electron chi connectivity index (χ3n) is 6.23. The average molecular weight is 373 g/mol. The first-order valence-electron chi connectivity index (χ1n) is 10.1. The lowest BCUT2D eigenvalue weighted by atomic mass is 10.0. The summed E-state index contributed by atoms with van der Waals surface area (Å²) in [6, 6.07) is 6.00. The second kappa shape index (κ2) is 7.23. The van der Waals surface area contributed by atoms with Gasteiger partial charge in [0.1, 0.15) is 5.75 Å². The molecule has 0 unspecified atom stereocenters. The first-order valence-corrected chi connectivity index (χ1v) is 10.1. The van der Waals surface area contributed by atoms with Crippen LogP contribution >= 0.6 is 0 Å². The van der Waals surface area contributed by atoms with Crippen molar-refractivity contribution in [1.82, 2.24) is 4.90 Å². The predicted octanol–water partition coefficient (Wildman–Crippen LogP) is 3.57. The van der Waals surface area contributed by atoms with Crippen molar-refractivity contribution in [2.75, 3.05) is 50.1 Å². The molecule has 0 radical (unpaired) electrons. The molecule has 1 aromatic rings. The second-order valence-corrected chi connectivity index (χ2v) is 8.70. The quantitative estimate of drug-likeness (QED) is 0.880. The highest BCUT2D eigenvalue weighted by atomic mass is 16.5. The summed E-state index contributed by atoms with van der Waals surface area (Å²) in [5.41, 5.74) is 1.67. The highest BCUT2D eigenvalue weighted by Crippen LogP contribution is 2.38. The van der Waals surface area contributed by atoms with Crippen LogP contribution in [-0.2, 0) is 4.74 Å². The van der Waals surface area contributed by atoms with E-state index in [9.17, 15) is 4.79 Å². The molecule has 1 aromatic carbocycles. The van der Waals surface area contributed by atoms with Crippen molar-refractivity contribution >= 4 is 17.4 Å². The number of hydrogen-bond donors (Lipinski definition) is 1. The van der Waals surface area contributed by atoms with Crippen molar-refractivity contribution in [2.45, 2.75) is 38.7 Å². The van der Waals surface area contributed by atoms with E-state index in [2.05, 4.69) is 30.1 Å². The number of urea groups is 1. The number of ether oxygens (including phenoxy) is 2. The van der Waals surface area contributed by atoms with E-state index in [-0.39, 0.29) is 11.6 Å². The van der Waals surface area contributed by atoms with Crippen LogP contribution in [0.4, 0.5) is 16.2 Å². The number of methoxy groups -OCH3 is 1. The van der Waals surface area contributed by atoms with Crippen LogP contribution in [0.15, 0.2) is 18.2 Å². The summed E-state index contributed by atoms with van der Waals surface area (Å²) in [6.07, 6.45) is 3.85. The van der Waals surface area contributed by atoms with Crippen molar-refractivity contribution in [1.29, 1.82) is 0 Å². The maximum absolute atomic E-state index is 12.7. The lowest BCUT2D eigenvalue weighted by Crippen LogP contribution is -2.48. The molecule has 2 amide bonds. The number of nitrogens with one attached hydrogen (secondary N) is 1. The zero-order valence-electron chi connectivity index (χ0n) is 16.7. The summed E-state index contributed by atoms with van der Waals surface area (Å²) in [5, 5.41) is 3.06. The van der Waals surface area contributed by atoms with Crippen molar-refractivity contribution in [2.24, 2.45) is 11.8 Å². The lowest BCUT2D eigenvalue weighted by Gasteiger charge is -2.39. The van der Waals surface area contributed by atoms with Gasteiger partial charge in [-0.2, -0.15) is 0 Å². The molecule has 2 atom stereocenters. The van der Waals surface area contributed by atoms with Gasteiger partial charge in [-0.3, -0.25) is 0 Å². The van der Waals surface area contributed by atoms with Gasteiger partial charge in [-0.25, -0.2) is 4.79 Å². The van der Waals surface area contributed by atoms with Gasteiger partial charge in [0.2, 0.25) is 0 Å². The summed E-state index contributed by atoms with van der Waals surface area (Å²) >= 11 is 0. The molecule has 2 heterocycles. The smallest absolute Gasteiger partial charge is 0.321 e. The number of hydrogen-bond acceptors (Lipinski definition) is 4. The number of nitrogens with zero attached hydrogens (tertiary/aromatic N) is 2. The average Bonchev–Trinajstić information content (AvgIpc) is 3.23. The third kappa shape index (κ3) is 3.86. The zero-order chi connectivity index (χ0) is 19.0. The van der Waals surface area contributed by atoms with E-state index >= 15 is 0 Å². The van der Waals surface area contributed by atoms with Crippen LogP contribution in [-0.4, -0.2) is 56.4 Å². The molecule has 0 spiro atoms. The Morgan fingerprint density at radius 2 is 2.00 bits per heavy atom. The van der Waals surface area contributed by atoms with Crippen molar-refractivity contribution in [3.63, 3.8) is 0 Å². The molecule has 4 rings (SSSR count). The zero-order valence-corrected chi connectivity index (χ0v) is 16.7. The number of rotatable bonds is 3. The Bertz CT molecular complexity index is 694. The van der Waals surface area contributed by atoms with E-state index in [1.54, 1.807) is 7.11 Å². The molecule has 1 N–H and O–H groups in total. The molecule has 148 valence electrons. The number of fused-ring (bicyclic) bond motifs is 1. The molecular weight excluding hydrogens is 342 g/mol. The highest BCUT2D eigenvalue weighted by molar-refractivity contribution is 5.91. The number of amides is 2. The van der Waals surface area contributed by atoms with Crippen LogP contribution in [0.1, 0.15) is 33.1 Å². The van der Waals surface area contributed by atoms with Crippen LogP contribution in [0.25, 0.3) is 0 Å². The Balaban J connectivity index is 1.44. The standard InChI is InChI=1S/C21H31N3O3/c1-21(2)14-23(9-10-27-21)17-7-8-18(19(11-17)26-3)22-20(25)24-12-15-5-4-6-16(15)13-24/h7-8,11,15-16H,4-6,9-10,12-14H2,1-3H3,(H,22,25)/t15-,16-/m0/s1. The summed E-state index contributed by atoms with van der Waals surface area (Å²) in [7, 11) is 1.65. The van der Waals surface area contributed by atoms with Crippen LogP contribution in [0.5, 0.6) is 5.75 Å². The highest BCUT2D eigenvalue weighted by Gasteiger charge is 2.38. The van der Waals surface area contributed by atoms with Gasteiger partial charge < -0.3 is 24.6 Å². The third-order valence-corrected chi connectivity index (χ3v) is 6.23. The van der Waals surface area contributed by atoms with E-state index in [1.165, 1.54) is 19.3 Å². The van der Waals surface area contributed by atoms with E-state index < -0.39 is 0 Å².